The lowest BCUT2D eigenvalue weighted by atomic mass is 10.2. The topological polar surface area (TPSA) is 99.3 Å². The monoisotopic (exact) mass is 452 g/mol. The number of aryl methyl sites for hydroxylation is 1. The molecule has 2 aromatic rings. The highest BCUT2D eigenvalue weighted by Gasteiger charge is 2.17. The van der Waals surface area contributed by atoms with Crippen molar-refractivity contribution in [1.82, 2.24) is 9.78 Å². The fraction of sp³-hybridized carbons (Fsp3) is 0.231. The second-order valence-electron chi connectivity index (χ2n) is 4.63. The summed E-state index contributed by atoms with van der Waals surface area (Å²) in [4.78, 5) is 22.4. The van der Waals surface area contributed by atoms with Crippen LogP contribution in [0.1, 0.15) is 10.5 Å². The average Bonchev–Trinajstić information content (AvgIpc) is 2.83. The molecule has 8 nitrogen and oxygen atoms in total. The fourth-order valence-corrected chi connectivity index (χ4v) is 2.56. The summed E-state index contributed by atoms with van der Waals surface area (Å²) < 4.78 is 31.3. The highest BCUT2D eigenvalue weighted by molar-refractivity contribution is 14.1. The van der Waals surface area contributed by atoms with Gasteiger partial charge in [-0.1, -0.05) is 0 Å². The number of carbonyl (C=O) groups excluding carboxylic acids is 1. The Balaban J connectivity index is 2.26. The number of benzene rings is 1. The minimum atomic E-state index is -2.72. The summed E-state index contributed by atoms with van der Waals surface area (Å²) in [6.45, 7) is -0.910. The Morgan fingerprint density at radius 2 is 2.21 bits per heavy atom. The summed E-state index contributed by atoms with van der Waals surface area (Å²) in [5.41, 5.74) is -0.215. The molecule has 0 radical (unpaired) electrons. The Morgan fingerprint density at radius 1 is 1.50 bits per heavy atom. The molecule has 11 heteroatoms. The van der Waals surface area contributed by atoms with Crippen molar-refractivity contribution >= 4 is 39.9 Å². The summed E-state index contributed by atoms with van der Waals surface area (Å²) in [6.07, 6.45) is -1.10. The summed E-state index contributed by atoms with van der Waals surface area (Å²) in [5, 5.41) is 17.4. The van der Waals surface area contributed by atoms with Gasteiger partial charge in [-0.05, 0) is 22.6 Å². The van der Waals surface area contributed by atoms with E-state index in [1.165, 1.54) is 10.7 Å². The first-order chi connectivity index (χ1) is 11.3. The molecule has 0 aliphatic heterocycles. The second kappa shape index (κ2) is 7.51. The van der Waals surface area contributed by atoms with Crippen LogP contribution in [-0.4, -0.2) is 33.6 Å². The quantitative estimate of drug-likeness (QED) is 0.413. The molecule has 0 bridgehead atoms. The highest BCUT2D eigenvalue weighted by atomic mass is 127. The average molecular weight is 452 g/mol. The van der Waals surface area contributed by atoms with Crippen molar-refractivity contribution in [3.8, 4) is 5.75 Å². The maximum atomic E-state index is 12.2. The van der Waals surface area contributed by atoms with E-state index in [1.807, 2.05) is 22.6 Å². The number of ether oxygens (including phenoxy) is 1. The number of nitrogens with one attached hydrogen (secondary N) is 1. The smallest absolute Gasteiger partial charge is 0.277 e. The molecule has 24 heavy (non-hydrogen) atoms. The molecule has 0 fully saturated rings. The van der Waals surface area contributed by atoms with Crippen molar-refractivity contribution in [1.29, 1.82) is 0 Å². The maximum Gasteiger partial charge on any atom is 0.277 e. The molecule has 0 unspecified atom stereocenters. The van der Waals surface area contributed by atoms with Crippen LogP contribution in [0.2, 0.25) is 0 Å². The third-order valence-corrected chi connectivity index (χ3v) is 3.52. The van der Waals surface area contributed by atoms with Gasteiger partial charge in [0, 0.05) is 25.4 Å². The number of non-ortho nitro benzene ring substituents is 1. The number of hydrogen-bond acceptors (Lipinski definition) is 5. The SMILES string of the molecule is Cn1cc(I)c(C(=O)Nc2cc(OCC(F)F)cc([N+](=O)[O-])c2)n1. The largest absolute Gasteiger partial charge is 0.487 e. The van der Waals surface area contributed by atoms with E-state index in [-0.39, 0.29) is 17.1 Å². The number of nitrogens with zero attached hydrogens (tertiary/aromatic N) is 3. The second-order valence-corrected chi connectivity index (χ2v) is 5.79. The predicted octanol–water partition coefficient (Wildman–Crippen LogP) is 2.83. The van der Waals surface area contributed by atoms with Crippen molar-refractivity contribution in [3.05, 3.63) is 43.8 Å². The third-order valence-electron chi connectivity index (χ3n) is 2.74. The van der Waals surface area contributed by atoms with Gasteiger partial charge in [0.2, 0.25) is 0 Å². The van der Waals surface area contributed by atoms with Crippen LogP contribution >= 0.6 is 22.6 Å². The number of anilines is 1. The molecule has 0 aliphatic carbocycles. The Hall–Kier alpha value is -2.31. The van der Waals surface area contributed by atoms with E-state index in [0.29, 0.717) is 3.57 Å². The van der Waals surface area contributed by atoms with E-state index < -0.39 is 29.6 Å². The number of aromatic nitrogens is 2. The van der Waals surface area contributed by atoms with Crippen LogP contribution in [0.3, 0.4) is 0 Å². The van der Waals surface area contributed by atoms with Crippen molar-refractivity contribution in [2.24, 2.45) is 7.05 Å². The Labute approximate surface area is 148 Å². The lowest BCUT2D eigenvalue weighted by Gasteiger charge is -2.09. The van der Waals surface area contributed by atoms with E-state index >= 15 is 0 Å². The van der Waals surface area contributed by atoms with Gasteiger partial charge in [0.25, 0.3) is 18.0 Å². The molecule has 1 aromatic carbocycles. The molecule has 128 valence electrons. The van der Waals surface area contributed by atoms with Gasteiger partial charge in [0.15, 0.2) is 5.69 Å². The zero-order valence-electron chi connectivity index (χ0n) is 12.2. The summed E-state index contributed by atoms with van der Waals surface area (Å²) >= 11 is 1.92. The standard InChI is InChI=1S/C13H11F2IN4O4/c1-19-5-10(16)12(18-19)13(21)17-7-2-8(20(22)23)4-9(3-7)24-6-11(14)15/h2-5,11H,6H2,1H3,(H,17,21). The molecule has 0 spiro atoms. The molecule has 1 heterocycles. The van der Waals surface area contributed by atoms with Gasteiger partial charge in [-0.2, -0.15) is 5.10 Å². The molecule has 1 aromatic heterocycles. The summed E-state index contributed by atoms with van der Waals surface area (Å²) in [5.74, 6) is -0.726. The van der Waals surface area contributed by atoms with Crippen molar-refractivity contribution in [2.45, 2.75) is 6.43 Å². The normalized spacial score (nSPS) is 10.7. The van der Waals surface area contributed by atoms with E-state index in [9.17, 15) is 23.7 Å². The molecule has 2 rings (SSSR count). The fourth-order valence-electron chi connectivity index (χ4n) is 1.81. The number of amides is 1. The molecular weight excluding hydrogens is 441 g/mol. The number of hydrogen-bond donors (Lipinski definition) is 1. The molecule has 0 atom stereocenters. The molecule has 1 amide bonds. The molecule has 0 aliphatic rings. The van der Waals surface area contributed by atoms with Crippen LogP contribution < -0.4 is 10.1 Å². The maximum absolute atomic E-state index is 12.2. The third kappa shape index (κ3) is 4.59. The number of carbonyl (C=O) groups is 1. The van der Waals surface area contributed by atoms with Crippen LogP contribution in [0, 0.1) is 13.7 Å². The zero-order valence-corrected chi connectivity index (χ0v) is 14.4. The first-order valence-electron chi connectivity index (χ1n) is 6.47. The minimum Gasteiger partial charge on any atom is -0.487 e. The van der Waals surface area contributed by atoms with E-state index in [4.69, 9.17) is 4.74 Å². The van der Waals surface area contributed by atoms with Crippen LogP contribution in [0.25, 0.3) is 0 Å². The van der Waals surface area contributed by atoms with Gasteiger partial charge in [-0.25, -0.2) is 8.78 Å². The van der Waals surface area contributed by atoms with Gasteiger partial charge in [0.1, 0.15) is 12.4 Å². The first kappa shape index (κ1) is 18.0. The van der Waals surface area contributed by atoms with Crippen molar-refractivity contribution < 1.29 is 23.2 Å². The zero-order chi connectivity index (χ0) is 17.9. The van der Waals surface area contributed by atoms with E-state index in [0.717, 1.165) is 12.1 Å². The number of nitro groups is 1. The lowest BCUT2D eigenvalue weighted by Crippen LogP contribution is -2.15. The van der Waals surface area contributed by atoms with E-state index in [1.54, 1.807) is 13.2 Å². The van der Waals surface area contributed by atoms with Crippen LogP contribution in [-0.2, 0) is 7.05 Å². The Morgan fingerprint density at radius 3 is 2.75 bits per heavy atom. The van der Waals surface area contributed by atoms with Crippen molar-refractivity contribution in [3.63, 3.8) is 0 Å². The van der Waals surface area contributed by atoms with Gasteiger partial charge >= 0.3 is 0 Å². The molecule has 1 N–H and O–H groups in total. The Kier molecular flexibility index (Phi) is 5.64. The number of alkyl halides is 2. The minimum absolute atomic E-state index is 0.0416. The number of nitro benzene ring substituents is 1. The Bertz CT molecular complexity index is 781. The van der Waals surface area contributed by atoms with Gasteiger partial charge in [-0.3, -0.25) is 19.6 Å². The van der Waals surface area contributed by atoms with Crippen LogP contribution in [0.4, 0.5) is 20.2 Å². The molecule has 0 saturated carbocycles. The number of halogens is 3. The van der Waals surface area contributed by atoms with Gasteiger partial charge < -0.3 is 10.1 Å². The van der Waals surface area contributed by atoms with Gasteiger partial charge in [0.05, 0.1) is 20.2 Å². The molecule has 0 saturated heterocycles. The number of rotatable bonds is 6. The van der Waals surface area contributed by atoms with E-state index in [2.05, 4.69) is 10.4 Å². The first-order valence-corrected chi connectivity index (χ1v) is 7.55. The van der Waals surface area contributed by atoms with Crippen molar-refractivity contribution in [2.75, 3.05) is 11.9 Å². The van der Waals surface area contributed by atoms with Crippen LogP contribution in [0.5, 0.6) is 5.75 Å². The lowest BCUT2D eigenvalue weighted by molar-refractivity contribution is -0.384. The predicted molar refractivity (Wildman–Crippen MR) is 88.5 cm³/mol. The summed E-state index contributed by atoms with van der Waals surface area (Å²) in [7, 11) is 1.64. The molecular formula is C13H11F2IN4O4. The summed E-state index contributed by atoms with van der Waals surface area (Å²) in [6, 6.07) is 3.33. The van der Waals surface area contributed by atoms with Crippen LogP contribution in [0.15, 0.2) is 24.4 Å². The highest BCUT2D eigenvalue weighted by Crippen LogP contribution is 2.27. The van der Waals surface area contributed by atoms with Gasteiger partial charge in [-0.15, -0.1) is 0 Å².